The summed E-state index contributed by atoms with van der Waals surface area (Å²) in [5.41, 5.74) is 1.30. The van der Waals surface area contributed by atoms with Crippen LogP contribution in [0.3, 0.4) is 0 Å². The molecule has 0 unspecified atom stereocenters. The lowest BCUT2D eigenvalue weighted by Gasteiger charge is -2.26. The predicted octanol–water partition coefficient (Wildman–Crippen LogP) is 4.28. The van der Waals surface area contributed by atoms with E-state index in [-0.39, 0.29) is 47.2 Å². The van der Waals surface area contributed by atoms with Gasteiger partial charge in [0.15, 0.2) is 12.0 Å². The van der Waals surface area contributed by atoms with Crippen molar-refractivity contribution >= 4 is 23.7 Å². The lowest BCUT2D eigenvalue weighted by atomic mass is 9.98. The van der Waals surface area contributed by atoms with Crippen LogP contribution in [0.2, 0.25) is 0 Å². The van der Waals surface area contributed by atoms with Crippen LogP contribution in [0.15, 0.2) is 72.1 Å². The Kier molecular flexibility index (Phi) is 6.55. The van der Waals surface area contributed by atoms with Crippen molar-refractivity contribution in [3.63, 3.8) is 0 Å². The number of para-hydroxylation sites is 1. The number of hydrogen-bond donors (Lipinski definition) is 2. The van der Waals surface area contributed by atoms with E-state index < -0.39 is 11.8 Å². The van der Waals surface area contributed by atoms with Crippen LogP contribution in [0.5, 0.6) is 17.2 Å². The van der Waals surface area contributed by atoms with Gasteiger partial charge in [0.2, 0.25) is 5.78 Å². The van der Waals surface area contributed by atoms with E-state index in [0.29, 0.717) is 28.8 Å². The highest BCUT2D eigenvalue weighted by atomic mass is 16.5. The number of anilines is 1. The Labute approximate surface area is 201 Å². The Morgan fingerprint density at radius 1 is 1.06 bits per heavy atom. The summed E-state index contributed by atoms with van der Waals surface area (Å²) >= 11 is 0. The lowest BCUT2D eigenvalue weighted by molar-refractivity contribution is -0.106. The van der Waals surface area contributed by atoms with E-state index in [1.807, 2.05) is 6.07 Å². The fourth-order valence-electron chi connectivity index (χ4n) is 3.93. The van der Waals surface area contributed by atoms with Crippen molar-refractivity contribution in [3.05, 3.63) is 94.4 Å². The van der Waals surface area contributed by atoms with E-state index in [1.165, 1.54) is 25.1 Å². The van der Waals surface area contributed by atoms with Crippen molar-refractivity contribution in [2.45, 2.75) is 20.4 Å². The minimum Gasteiger partial charge on any atom is -0.508 e. The molecule has 1 aliphatic rings. The summed E-state index contributed by atoms with van der Waals surface area (Å²) in [5.74, 6) is -1.72. The molecule has 178 valence electrons. The van der Waals surface area contributed by atoms with Crippen molar-refractivity contribution in [1.82, 2.24) is 0 Å². The van der Waals surface area contributed by atoms with Gasteiger partial charge >= 0.3 is 5.97 Å². The van der Waals surface area contributed by atoms with Gasteiger partial charge in [-0.3, -0.25) is 9.59 Å². The van der Waals surface area contributed by atoms with Gasteiger partial charge in [0, 0.05) is 16.8 Å². The van der Waals surface area contributed by atoms with E-state index in [2.05, 4.69) is 0 Å². The first-order valence-corrected chi connectivity index (χ1v) is 10.9. The number of ketones is 1. The molecule has 8 heteroatoms. The van der Waals surface area contributed by atoms with Crippen molar-refractivity contribution in [2.24, 2.45) is 0 Å². The van der Waals surface area contributed by atoms with Crippen LogP contribution in [0.1, 0.15) is 38.8 Å². The van der Waals surface area contributed by atoms with Gasteiger partial charge in [0.1, 0.15) is 22.9 Å². The molecule has 0 bridgehead atoms. The number of esters is 1. The Hall–Kier alpha value is -4.59. The van der Waals surface area contributed by atoms with E-state index in [1.54, 1.807) is 48.2 Å². The zero-order chi connectivity index (χ0) is 25.1. The number of ether oxygens (including phenoxy) is 2. The first kappa shape index (κ1) is 23.6. The molecule has 35 heavy (non-hydrogen) atoms. The van der Waals surface area contributed by atoms with Crippen LogP contribution < -0.4 is 9.64 Å². The molecular formula is C27H23NO7. The number of phenolic OH excluding ortho intramolecular Hbond substituents is 2. The average molecular weight is 473 g/mol. The number of aromatic hydroxyl groups is 2. The molecule has 1 aliphatic heterocycles. The maximum absolute atomic E-state index is 13.8. The molecule has 8 nitrogen and oxygen atoms in total. The minimum absolute atomic E-state index is 0.0730. The molecule has 0 aromatic heterocycles. The van der Waals surface area contributed by atoms with Crippen LogP contribution in [0, 0.1) is 6.92 Å². The predicted molar refractivity (Wildman–Crippen MR) is 128 cm³/mol. The molecule has 0 aliphatic carbocycles. The van der Waals surface area contributed by atoms with Crippen molar-refractivity contribution in [2.75, 3.05) is 11.5 Å². The van der Waals surface area contributed by atoms with Gasteiger partial charge < -0.3 is 24.6 Å². The Balaban J connectivity index is 1.91. The van der Waals surface area contributed by atoms with Gasteiger partial charge in [0.25, 0.3) is 0 Å². The molecule has 0 spiro atoms. The summed E-state index contributed by atoms with van der Waals surface area (Å²) in [6.07, 6.45) is 0.423. The van der Waals surface area contributed by atoms with Crippen molar-refractivity contribution in [3.8, 4) is 17.2 Å². The third-order valence-electron chi connectivity index (χ3n) is 5.65. The van der Waals surface area contributed by atoms with Gasteiger partial charge in [0.05, 0.1) is 24.3 Å². The Morgan fingerprint density at radius 2 is 1.77 bits per heavy atom. The van der Waals surface area contributed by atoms with Crippen LogP contribution >= 0.6 is 0 Å². The number of benzene rings is 3. The minimum atomic E-state index is -0.708. The maximum Gasteiger partial charge on any atom is 0.338 e. The molecule has 3 aromatic rings. The van der Waals surface area contributed by atoms with Crippen LogP contribution in [-0.4, -0.2) is 34.9 Å². The topological polar surface area (TPSA) is 113 Å². The standard InChI is InChI=1S/C27H23NO7/c1-3-34-27(33)17-9-12-22-18(13-17)14-28(19-7-5-4-6-8-19)25(23(15-29)35-22)26(32)24-16(2)20(30)10-11-21(24)31/h4-13,15,30-31H,3,14H2,1-2H3. The van der Waals surface area contributed by atoms with E-state index in [4.69, 9.17) is 9.47 Å². The number of allylic oxidation sites excluding steroid dienone is 2. The molecular weight excluding hydrogens is 450 g/mol. The van der Waals surface area contributed by atoms with Crippen LogP contribution in [-0.2, 0) is 16.1 Å². The highest BCUT2D eigenvalue weighted by molar-refractivity contribution is 6.15. The first-order valence-electron chi connectivity index (χ1n) is 10.9. The number of Topliss-reactive ketones (excluding diaryl/α,β-unsaturated/α-hetero) is 1. The molecule has 0 fully saturated rings. The summed E-state index contributed by atoms with van der Waals surface area (Å²) < 4.78 is 11.0. The lowest BCUT2D eigenvalue weighted by Crippen LogP contribution is -2.29. The van der Waals surface area contributed by atoms with E-state index >= 15 is 0 Å². The SMILES string of the molecule is CCOC(=O)c1ccc2c(c1)CN(c1ccccc1)C(C(=O)c1c(O)ccc(O)c1C)=C(C=O)O2. The molecule has 0 saturated carbocycles. The summed E-state index contributed by atoms with van der Waals surface area (Å²) in [4.78, 5) is 39.9. The quantitative estimate of drug-likeness (QED) is 0.236. The first-order chi connectivity index (χ1) is 16.8. The molecule has 4 rings (SSSR count). The van der Waals surface area contributed by atoms with Gasteiger partial charge in [-0.05, 0) is 56.3 Å². The molecule has 2 N–H and O–H groups in total. The maximum atomic E-state index is 13.8. The van der Waals surface area contributed by atoms with Crippen LogP contribution in [0.4, 0.5) is 5.69 Å². The second kappa shape index (κ2) is 9.72. The third kappa shape index (κ3) is 4.46. The fourth-order valence-corrected chi connectivity index (χ4v) is 3.93. The highest BCUT2D eigenvalue weighted by Gasteiger charge is 2.33. The molecule has 0 amide bonds. The van der Waals surface area contributed by atoms with Gasteiger partial charge in [-0.1, -0.05) is 18.2 Å². The number of carbonyl (C=O) groups is 3. The van der Waals surface area contributed by atoms with E-state index in [9.17, 15) is 24.6 Å². The molecule has 3 aromatic carbocycles. The smallest absolute Gasteiger partial charge is 0.338 e. The van der Waals surface area contributed by atoms with Gasteiger partial charge in [-0.15, -0.1) is 0 Å². The number of phenols is 2. The number of nitrogens with zero attached hydrogens (tertiary/aromatic N) is 1. The second-order valence-electron chi connectivity index (χ2n) is 7.83. The Morgan fingerprint density at radius 3 is 2.46 bits per heavy atom. The normalized spacial score (nSPS) is 12.9. The van der Waals surface area contributed by atoms with Crippen molar-refractivity contribution < 1.29 is 34.1 Å². The molecule has 1 heterocycles. The van der Waals surface area contributed by atoms with E-state index in [0.717, 1.165) is 0 Å². The summed E-state index contributed by atoms with van der Waals surface area (Å²) in [5, 5.41) is 20.6. The molecule has 0 radical (unpaired) electrons. The zero-order valence-corrected chi connectivity index (χ0v) is 19.1. The van der Waals surface area contributed by atoms with Gasteiger partial charge in [-0.25, -0.2) is 4.79 Å². The fraction of sp³-hybridized carbons (Fsp3) is 0.148. The number of carbonyl (C=O) groups excluding carboxylic acids is 3. The highest BCUT2D eigenvalue weighted by Crippen LogP contribution is 2.37. The zero-order valence-electron chi connectivity index (χ0n) is 19.1. The number of hydrogen-bond acceptors (Lipinski definition) is 8. The largest absolute Gasteiger partial charge is 0.508 e. The monoisotopic (exact) mass is 473 g/mol. The number of fused-ring (bicyclic) bond motifs is 1. The summed E-state index contributed by atoms with van der Waals surface area (Å²) in [6, 6.07) is 16.0. The number of aldehydes is 1. The average Bonchev–Trinajstić information content (AvgIpc) is 3.03. The van der Waals surface area contributed by atoms with Crippen molar-refractivity contribution in [1.29, 1.82) is 0 Å². The summed E-state index contributed by atoms with van der Waals surface area (Å²) in [6.45, 7) is 3.49. The van der Waals surface area contributed by atoms with Gasteiger partial charge in [-0.2, -0.15) is 0 Å². The third-order valence-corrected chi connectivity index (χ3v) is 5.65. The Bertz CT molecular complexity index is 1350. The molecule has 0 atom stereocenters. The molecule has 0 saturated heterocycles. The second-order valence-corrected chi connectivity index (χ2v) is 7.83. The van der Waals surface area contributed by atoms with Crippen LogP contribution in [0.25, 0.3) is 0 Å². The summed E-state index contributed by atoms with van der Waals surface area (Å²) in [7, 11) is 0. The number of rotatable bonds is 6.